The second-order valence-electron chi connectivity index (χ2n) is 8.09. The van der Waals surface area contributed by atoms with Crippen LogP contribution in [0.3, 0.4) is 0 Å². The van der Waals surface area contributed by atoms with Crippen LogP contribution in [0.15, 0.2) is 64.9 Å². The number of nitrogens with zero attached hydrogens (tertiary/aromatic N) is 4. The highest BCUT2D eigenvalue weighted by Gasteiger charge is 2.30. The summed E-state index contributed by atoms with van der Waals surface area (Å²) in [6.45, 7) is 4.79. The van der Waals surface area contributed by atoms with Crippen LogP contribution in [0.2, 0.25) is 5.02 Å². The van der Waals surface area contributed by atoms with Crippen molar-refractivity contribution in [3.8, 4) is 11.3 Å². The van der Waals surface area contributed by atoms with Crippen LogP contribution in [-0.4, -0.2) is 53.8 Å². The Bertz CT molecular complexity index is 1400. The van der Waals surface area contributed by atoms with Crippen molar-refractivity contribution in [1.82, 2.24) is 19.2 Å². The fraction of sp³-hybridized carbons (Fsp3) is 0.250. The number of aryl methyl sites for hydroxylation is 1. The SMILES string of the molecule is Cc1ccc2cccc(S(=O)(=O)N3CCN(Cc4nc(-c5ccc(Cl)cc5)cs4)CC3)c2n1. The molecule has 0 atom stereocenters. The van der Waals surface area contributed by atoms with Gasteiger partial charge >= 0.3 is 0 Å². The van der Waals surface area contributed by atoms with E-state index in [1.807, 2.05) is 49.4 Å². The number of fused-ring (bicyclic) bond motifs is 1. The van der Waals surface area contributed by atoms with Crippen LogP contribution >= 0.6 is 22.9 Å². The maximum absolute atomic E-state index is 13.4. The molecule has 0 unspecified atom stereocenters. The lowest BCUT2D eigenvalue weighted by Gasteiger charge is -2.33. The standard InChI is InChI=1S/C24H23ClN4O2S2/c1-17-5-6-19-3-2-4-22(24(19)26-17)33(30,31)29-13-11-28(12-14-29)15-23-27-21(16-32-23)18-7-9-20(25)10-8-18/h2-10,16H,11-15H2,1H3. The van der Waals surface area contributed by atoms with Gasteiger partial charge in [-0.25, -0.2) is 13.4 Å². The van der Waals surface area contributed by atoms with E-state index < -0.39 is 10.0 Å². The van der Waals surface area contributed by atoms with Gasteiger partial charge in [0.25, 0.3) is 0 Å². The third-order valence-electron chi connectivity index (χ3n) is 5.82. The molecule has 9 heteroatoms. The van der Waals surface area contributed by atoms with Crippen LogP contribution in [-0.2, 0) is 16.6 Å². The van der Waals surface area contributed by atoms with Crippen molar-refractivity contribution in [2.45, 2.75) is 18.4 Å². The van der Waals surface area contributed by atoms with E-state index in [0.717, 1.165) is 27.3 Å². The fourth-order valence-corrected chi connectivity index (χ4v) is 6.57. The number of thiazole rings is 1. The summed E-state index contributed by atoms with van der Waals surface area (Å²) in [6, 6.07) is 16.8. The van der Waals surface area contributed by atoms with Crippen LogP contribution in [0.5, 0.6) is 0 Å². The largest absolute Gasteiger partial charge is 0.294 e. The molecular weight excluding hydrogens is 476 g/mol. The zero-order chi connectivity index (χ0) is 23.0. The maximum atomic E-state index is 13.4. The lowest BCUT2D eigenvalue weighted by atomic mass is 10.2. The zero-order valence-corrected chi connectivity index (χ0v) is 20.5. The molecule has 0 aliphatic carbocycles. The summed E-state index contributed by atoms with van der Waals surface area (Å²) in [4.78, 5) is 11.8. The number of sulfonamides is 1. The number of rotatable bonds is 5. The van der Waals surface area contributed by atoms with E-state index in [1.165, 1.54) is 0 Å². The molecule has 1 aliphatic heterocycles. The molecule has 1 fully saturated rings. The molecule has 33 heavy (non-hydrogen) atoms. The molecule has 0 radical (unpaired) electrons. The number of pyridine rings is 1. The average Bonchev–Trinajstić information content (AvgIpc) is 3.28. The van der Waals surface area contributed by atoms with Gasteiger partial charge in [0.15, 0.2) is 0 Å². The van der Waals surface area contributed by atoms with E-state index in [0.29, 0.717) is 43.3 Å². The van der Waals surface area contributed by atoms with Gasteiger partial charge in [0.1, 0.15) is 9.90 Å². The second-order valence-corrected chi connectivity index (χ2v) is 11.4. The van der Waals surface area contributed by atoms with Crippen LogP contribution in [0.4, 0.5) is 0 Å². The summed E-state index contributed by atoms with van der Waals surface area (Å²) < 4.78 is 28.4. The van der Waals surface area contributed by atoms with Crippen molar-refractivity contribution in [1.29, 1.82) is 0 Å². The molecule has 0 N–H and O–H groups in total. The topological polar surface area (TPSA) is 66.4 Å². The van der Waals surface area contributed by atoms with Crippen LogP contribution in [0, 0.1) is 6.92 Å². The first-order valence-electron chi connectivity index (χ1n) is 10.7. The van der Waals surface area contributed by atoms with E-state index in [-0.39, 0.29) is 4.90 Å². The van der Waals surface area contributed by atoms with Crippen molar-refractivity contribution in [3.05, 3.63) is 75.7 Å². The number of para-hydroxylation sites is 1. The van der Waals surface area contributed by atoms with Crippen molar-refractivity contribution in [2.75, 3.05) is 26.2 Å². The minimum atomic E-state index is -3.62. The Hall–Kier alpha value is -2.36. The third-order valence-corrected chi connectivity index (χ3v) is 8.84. The monoisotopic (exact) mass is 498 g/mol. The number of aromatic nitrogens is 2. The molecule has 5 rings (SSSR count). The maximum Gasteiger partial charge on any atom is 0.245 e. The molecular formula is C24H23ClN4O2S2. The summed E-state index contributed by atoms with van der Waals surface area (Å²) in [5.41, 5.74) is 3.32. The van der Waals surface area contributed by atoms with Gasteiger partial charge in [-0.2, -0.15) is 4.31 Å². The predicted octanol–water partition coefficient (Wildman–Crippen LogP) is 4.83. The van der Waals surface area contributed by atoms with Crippen molar-refractivity contribution in [2.24, 2.45) is 0 Å². The van der Waals surface area contributed by atoms with Gasteiger partial charge in [0.2, 0.25) is 10.0 Å². The van der Waals surface area contributed by atoms with E-state index in [2.05, 4.69) is 15.3 Å². The molecule has 1 aliphatic rings. The van der Waals surface area contributed by atoms with Crippen molar-refractivity contribution in [3.63, 3.8) is 0 Å². The van der Waals surface area contributed by atoms with Crippen LogP contribution in [0.25, 0.3) is 22.2 Å². The van der Waals surface area contributed by atoms with E-state index in [4.69, 9.17) is 16.6 Å². The summed E-state index contributed by atoms with van der Waals surface area (Å²) in [5, 5.41) is 4.61. The lowest BCUT2D eigenvalue weighted by Crippen LogP contribution is -2.48. The van der Waals surface area contributed by atoms with E-state index in [1.54, 1.807) is 27.8 Å². The van der Waals surface area contributed by atoms with Gasteiger partial charge in [-0.15, -0.1) is 11.3 Å². The first-order chi connectivity index (χ1) is 15.9. The Balaban J connectivity index is 1.27. The van der Waals surface area contributed by atoms with Gasteiger partial charge in [-0.1, -0.05) is 41.9 Å². The van der Waals surface area contributed by atoms with Gasteiger partial charge < -0.3 is 0 Å². The first-order valence-corrected chi connectivity index (χ1v) is 13.4. The molecule has 0 saturated carbocycles. The summed E-state index contributed by atoms with van der Waals surface area (Å²) in [7, 11) is -3.62. The quantitative estimate of drug-likeness (QED) is 0.394. The normalized spacial score (nSPS) is 15.8. The molecule has 6 nitrogen and oxygen atoms in total. The van der Waals surface area contributed by atoms with E-state index >= 15 is 0 Å². The third kappa shape index (κ3) is 4.67. The van der Waals surface area contributed by atoms with Crippen molar-refractivity contribution < 1.29 is 8.42 Å². The fourth-order valence-electron chi connectivity index (χ4n) is 4.02. The molecule has 170 valence electrons. The predicted molar refractivity (Wildman–Crippen MR) is 133 cm³/mol. The summed E-state index contributed by atoms with van der Waals surface area (Å²) in [6.07, 6.45) is 0. The van der Waals surface area contributed by atoms with Gasteiger partial charge in [-0.05, 0) is 31.2 Å². The molecule has 0 bridgehead atoms. The Kier molecular flexibility index (Phi) is 6.20. The van der Waals surface area contributed by atoms with E-state index in [9.17, 15) is 8.42 Å². The lowest BCUT2D eigenvalue weighted by molar-refractivity contribution is 0.181. The average molecular weight is 499 g/mol. The molecule has 3 heterocycles. The molecule has 1 saturated heterocycles. The number of piperazine rings is 1. The number of hydrogen-bond donors (Lipinski definition) is 0. The van der Waals surface area contributed by atoms with Gasteiger partial charge in [-0.3, -0.25) is 9.88 Å². The van der Waals surface area contributed by atoms with Gasteiger partial charge in [0.05, 0.1) is 17.8 Å². The second kappa shape index (κ2) is 9.12. The smallest absolute Gasteiger partial charge is 0.245 e. The van der Waals surface area contributed by atoms with Crippen LogP contribution in [0.1, 0.15) is 10.7 Å². The van der Waals surface area contributed by atoms with Crippen molar-refractivity contribution >= 4 is 43.9 Å². The number of hydrogen-bond acceptors (Lipinski definition) is 6. The molecule has 0 amide bonds. The summed E-state index contributed by atoms with van der Waals surface area (Å²) in [5.74, 6) is 0. The Labute approximate surface area is 202 Å². The highest BCUT2D eigenvalue weighted by atomic mass is 35.5. The molecule has 2 aromatic carbocycles. The molecule has 4 aromatic rings. The minimum Gasteiger partial charge on any atom is -0.294 e. The van der Waals surface area contributed by atoms with Crippen LogP contribution < -0.4 is 0 Å². The molecule has 0 spiro atoms. The Morgan fingerprint density at radius 1 is 0.970 bits per heavy atom. The highest BCUT2D eigenvalue weighted by Crippen LogP contribution is 2.27. The minimum absolute atomic E-state index is 0.282. The highest BCUT2D eigenvalue weighted by molar-refractivity contribution is 7.89. The van der Waals surface area contributed by atoms with Gasteiger partial charge in [0, 0.05) is 53.2 Å². The number of benzene rings is 2. The summed E-state index contributed by atoms with van der Waals surface area (Å²) >= 11 is 7.60. The molecule has 2 aromatic heterocycles. The zero-order valence-electron chi connectivity index (χ0n) is 18.1. The number of halogens is 1. The first kappa shape index (κ1) is 22.4. The Morgan fingerprint density at radius 3 is 2.48 bits per heavy atom. The Morgan fingerprint density at radius 2 is 1.73 bits per heavy atom.